The van der Waals surface area contributed by atoms with E-state index in [9.17, 15) is 5.26 Å². The van der Waals surface area contributed by atoms with Gasteiger partial charge < -0.3 is 9.47 Å². The van der Waals surface area contributed by atoms with Crippen LogP contribution < -0.4 is 9.47 Å². The Kier molecular flexibility index (Phi) is 3.87. The lowest BCUT2D eigenvalue weighted by molar-refractivity contribution is 0.107. The second kappa shape index (κ2) is 5.94. The van der Waals surface area contributed by atoms with Crippen molar-refractivity contribution in [3.8, 4) is 17.6 Å². The van der Waals surface area contributed by atoms with Crippen molar-refractivity contribution in [2.45, 2.75) is 12.0 Å². The van der Waals surface area contributed by atoms with Crippen molar-refractivity contribution in [2.75, 3.05) is 27.3 Å². The summed E-state index contributed by atoms with van der Waals surface area (Å²) in [6.45, 7) is 1.17. The predicted octanol–water partition coefficient (Wildman–Crippen LogP) is 4.02. The minimum Gasteiger partial charge on any atom is -0.497 e. The Bertz CT molecular complexity index is 846. The first-order chi connectivity index (χ1) is 12.1. The molecule has 0 saturated carbocycles. The van der Waals surface area contributed by atoms with E-state index in [1.165, 1.54) is 0 Å². The molecule has 2 heterocycles. The zero-order valence-corrected chi connectivity index (χ0v) is 15.0. The molecule has 0 amide bonds. The number of benzene rings is 2. The number of methoxy groups -OCH3 is 1. The van der Waals surface area contributed by atoms with Gasteiger partial charge in [0.05, 0.1) is 19.2 Å². The topological polar surface area (TPSA) is 45.5 Å². The van der Waals surface area contributed by atoms with Crippen molar-refractivity contribution in [1.82, 2.24) is 4.90 Å². The normalized spacial score (nSPS) is 27.8. The second-order valence-electron chi connectivity index (χ2n) is 6.79. The van der Waals surface area contributed by atoms with Crippen molar-refractivity contribution >= 4 is 11.6 Å². The summed E-state index contributed by atoms with van der Waals surface area (Å²) in [5, 5.41) is 10.9. The third kappa shape index (κ3) is 2.38. The van der Waals surface area contributed by atoms with Gasteiger partial charge in [-0.2, -0.15) is 5.26 Å². The first kappa shape index (κ1) is 16.3. The van der Waals surface area contributed by atoms with E-state index in [0.29, 0.717) is 11.6 Å². The van der Waals surface area contributed by atoms with E-state index >= 15 is 0 Å². The SMILES string of the molecule is COc1ccc2c(c1)[C@H]1N(C)C[C@@H](c3ccc(Cl)cc3)[C@@]1(C#N)CO2. The van der Waals surface area contributed by atoms with Crippen LogP contribution in [0.5, 0.6) is 11.5 Å². The van der Waals surface area contributed by atoms with Gasteiger partial charge in [-0.05, 0) is 42.9 Å². The van der Waals surface area contributed by atoms with Crippen LogP contribution in [0.2, 0.25) is 5.02 Å². The molecule has 2 aromatic carbocycles. The summed E-state index contributed by atoms with van der Waals surface area (Å²) in [6.07, 6.45) is 0. The largest absolute Gasteiger partial charge is 0.497 e. The van der Waals surface area contributed by atoms with E-state index in [4.69, 9.17) is 21.1 Å². The molecule has 0 bridgehead atoms. The third-order valence-corrected chi connectivity index (χ3v) is 5.73. The standard InChI is InChI=1S/C20H19ClN2O2/c1-23-10-17(13-3-5-14(21)6-4-13)20(11-22)12-25-18-8-7-15(24-2)9-16(18)19(20)23/h3-9,17,19H,10,12H2,1-2H3/t17-,19+,20+/m0/s1. The van der Waals surface area contributed by atoms with Gasteiger partial charge in [0, 0.05) is 23.0 Å². The van der Waals surface area contributed by atoms with Gasteiger partial charge in [0.2, 0.25) is 0 Å². The van der Waals surface area contributed by atoms with Crippen molar-refractivity contribution in [2.24, 2.45) is 5.41 Å². The summed E-state index contributed by atoms with van der Waals surface area (Å²) < 4.78 is 11.4. The number of nitrogens with zero attached hydrogens (tertiary/aromatic N) is 2. The van der Waals surface area contributed by atoms with Gasteiger partial charge in [-0.1, -0.05) is 23.7 Å². The molecule has 2 aliphatic rings. The number of hydrogen-bond donors (Lipinski definition) is 0. The van der Waals surface area contributed by atoms with Gasteiger partial charge in [0.25, 0.3) is 0 Å². The summed E-state index contributed by atoms with van der Waals surface area (Å²) in [6, 6.07) is 16.2. The molecule has 4 nitrogen and oxygen atoms in total. The minimum absolute atomic E-state index is 0.0305. The minimum atomic E-state index is -0.637. The lowest BCUT2D eigenvalue weighted by atomic mass is 9.69. The predicted molar refractivity (Wildman–Crippen MR) is 96.1 cm³/mol. The molecule has 1 saturated heterocycles. The van der Waals surface area contributed by atoms with E-state index < -0.39 is 5.41 Å². The van der Waals surface area contributed by atoms with E-state index in [0.717, 1.165) is 29.2 Å². The monoisotopic (exact) mass is 354 g/mol. The Labute approximate surface area is 152 Å². The highest BCUT2D eigenvalue weighted by molar-refractivity contribution is 6.30. The van der Waals surface area contributed by atoms with Gasteiger partial charge >= 0.3 is 0 Å². The van der Waals surface area contributed by atoms with E-state index in [-0.39, 0.29) is 12.0 Å². The van der Waals surface area contributed by atoms with E-state index in [1.54, 1.807) is 7.11 Å². The molecule has 0 N–H and O–H groups in total. The highest BCUT2D eigenvalue weighted by Crippen LogP contribution is 2.58. The number of rotatable bonds is 2. The van der Waals surface area contributed by atoms with Crippen molar-refractivity contribution in [3.63, 3.8) is 0 Å². The van der Waals surface area contributed by atoms with Gasteiger partial charge in [-0.25, -0.2) is 0 Å². The maximum absolute atomic E-state index is 10.2. The number of fused-ring (bicyclic) bond motifs is 3. The fraction of sp³-hybridized carbons (Fsp3) is 0.350. The van der Waals surface area contributed by atoms with Gasteiger partial charge in [0.15, 0.2) is 0 Å². The number of ether oxygens (including phenoxy) is 2. The highest BCUT2D eigenvalue weighted by Gasteiger charge is 2.58. The van der Waals surface area contributed by atoms with Crippen LogP contribution in [0.25, 0.3) is 0 Å². The summed E-state index contributed by atoms with van der Waals surface area (Å²) in [5.41, 5.74) is 1.50. The fourth-order valence-corrected chi connectivity index (χ4v) is 4.43. The maximum Gasteiger partial charge on any atom is 0.124 e. The molecule has 25 heavy (non-hydrogen) atoms. The highest BCUT2D eigenvalue weighted by atomic mass is 35.5. The first-order valence-corrected chi connectivity index (χ1v) is 8.64. The Morgan fingerprint density at radius 3 is 2.72 bits per heavy atom. The average Bonchev–Trinajstić information content (AvgIpc) is 2.95. The van der Waals surface area contributed by atoms with Crippen LogP contribution in [0.4, 0.5) is 0 Å². The Morgan fingerprint density at radius 2 is 2.04 bits per heavy atom. The third-order valence-electron chi connectivity index (χ3n) is 5.48. The molecule has 4 rings (SSSR count). The fourth-order valence-electron chi connectivity index (χ4n) is 4.30. The number of halogens is 1. The molecule has 128 valence electrons. The molecule has 1 fully saturated rings. The lowest BCUT2D eigenvalue weighted by Gasteiger charge is -2.39. The van der Waals surface area contributed by atoms with E-state index in [1.807, 2.05) is 42.5 Å². The molecule has 3 atom stereocenters. The van der Waals surface area contributed by atoms with Crippen LogP contribution in [0.15, 0.2) is 42.5 Å². The molecular formula is C20H19ClN2O2. The molecule has 0 radical (unpaired) electrons. The summed E-state index contributed by atoms with van der Waals surface area (Å²) in [7, 11) is 3.72. The Hall–Kier alpha value is -2.22. The molecular weight excluding hydrogens is 336 g/mol. The summed E-state index contributed by atoms with van der Waals surface area (Å²) in [4.78, 5) is 2.25. The van der Waals surface area contributed by atoms with E-state index in [2.05, 4.69) is 18.0 Å². The zero-order chi connectivity index (χ0) is 17.6. The zero-order valence-electron chi connectivity index (χ0n) is 14.2. The summed E-state index contributed by atoms with van der Waals surface area (Å²) in [5.74, 6) is 1.67. The quantitative estimate of drug-likeness (QED) is 0.817. The average molecular weight is 355 g/mol. The number of likely N-dealkylation sites (tertiary alicyclic amines) is 1. The molecule has 0 aliphatic carbocycles. The molecule has 2 aliphatic heterocycles. The van der Waals surface area contributed by atoms with Crippen LogP contribution >= 0.6 is 11.6 Å². The molecule has 5 heteroatoms. The second-order valence-corrected chi connectivity index (χ2v) is 7.23. The smallest absolute Gasteiger partial charge is 0.124 e. The summed E-state index contributed by atoms with van der Waals surface area (Å²) >= 11 is 6.04. The van der Waals surface area contributed by atoms with Crippen molar-refractivity contribution < 1.29 is 9.47 Å². The molecule has 2 aromatic rings. The van der Waals surface area contributed by atoms with Crippen LogP contribution in [0.1, 0.15) is 23.1 Å². The van der Waals surface area contributed by atoms with Crippen LogP contribution in [0.3, 0.4) is 0 Å². The van der Waals surface area contributed by atoms with Gasteiger partial charge in [0.1, 0.15) is 23.5 Å². The van der Waals surface area contributed by atoms with Gasteiger partial charge in [-0.15, -0.1) is 0 Å². The number of nitriles is 1. The van der Waals surface area contributed by atoms with Crippen LogP contribution in [-0.4, -0.2) is 32.2 Å². The first-order valence-electron chi connectivity index (χ1n) is 8.27. The van der Waals surface area contributed by atoms with Crippen molar-refractivity contribution in [3.05, 3.63) is 58.6 Å². The molecule has 0 spiro atoms. The van der Waals surface area contributed by atoms with Crippen LogP contribution in [-0.2, 0) is 0 Å². The number of likely N-dealkylation sites (N-methyl/N-ethyl adjacent to an activating group) is 1. The maximum atomic E-state index is 10.2. The lowest BCUT2D eigenvalue weighted by Crippen LogP contribution is -2.40. The van der Waals surface area contributed by atoms with Crippen LogP contribution in [0, 0.1) is 16.7 Å². The molecule has 0 aromatic heterocycles. The Morgan fingerprint density at radius 1 is 1.28 bits per heavy atom. The molecule has 0 unspecified atom stereocenters. The Balaban J connectivity index is 1.83. The van der Waals surface area contributed by atoms with Crippen molar-refractivity contribution in [1.29, 1.82) is 5.26 Å². The van der Waals surface area contributed by atoms with Gasteiger partial charge in [-0.3, -0.25) is 4.90 Å². The number of hydrogen-bond acceptors (Lipinski definition) is 4.